The molecule has 0 radical (unpaired) electrons. The second kappa shape index (κ2) is 5.14. The van der Waals surface area contributed by atoms with Crippen molar-refractivity contribution < 1.29 is 4.79 Å². The van der Waals surface area contributed by atoms with Crippen molar-refractivity contribution >= 4 is 17.5 Å². The van der Waals surface area contributed by atoms with Crippen molar-refractivity contribution in [3.63, 3.8) is 0 Å². The van der Waals surface area contributed by atoms with Crippen LogP contribution in [0.3, 0.4) is 0 Å². The predicted octanol–water partition coefficient (Wildman–Crippen LogP) is 2.39. The van der Waals surface area contributed by atoms with Crippen molar-refractivity contribution in [1.29, 1.82) is 0 Å². The average molecular weight is 262 g/mol. The number of nitrogens with two attached hydrogens (primary N) is 1. The molecule has 0 aliphatic rings. The third-order valence-electron chi connectivity index (χ3n) is 2.68. The van der Waals surface area contributed by atoms with Gasteiger partial charge in [0.25, 0.3) is 0 Å². The van der Waals surface area contributed by atoms with Crippen molar-refractivity contribution in [2.45, 2.75) is 12.8 Å². The first kappa shape index (κ1) is 12.5. The third kappa shape index (κ3) is 2.49. The number of rotatable bonds is 3. The highest BCUT2D eigenvalue weighted by atomic mass is 35.5. The van der Waals surface area contributed by atoms with Crippen molar-refractivity contribution in [1.82, 2.24) is 9.97 Å². The Bertz CT molecular complexity index is 569. The molecule has 1 amide bonds. The van der Waals surface area contributed by atoms with E-state index in [4.69, 9.17) is 17.3 Å². The van der Waals surface area contributed by atoms with E-state index < -0.39 is 11.8 Å². The monoisotopic (exact) mass is 261 g/mol. The molecule has 2 N–H and O–H groups in total. The summed E-state index contributed by atoms with van der Waals surface area (Å²) in [5, 5.41) is 0.646. The fourth-order valence-corrected chi connectivity index (χ4v) is 1.76. The zero-order valence-electron chi connectivity index (χ0n) is 9.80. The van der Waals surface area contributed by atoms with Gasteiger partial charge in [0, 0.05) is 23.0 Å². The van der Waals surface area contributed by atoms with Gasteiger partial charge in [-0.2, -0.15) is 0 Å². The number of carbonyl (C=O) groups is 1. The molecule has 2 aromatic rings. The lowest BCUT2D eigenvalue weighted by Gasteiger charge is -2.11. The van der Waals surface area contributed by atoms with Gasteiger partial charge in [-0.1, -0.05) is 23.7 Å². The van der Waals surface area contributed by atoms with E-state index in [-0.39, 0.29) is 0 Å². The molecule has 0 aliphatic heterocycles. The smallest absolute Gasteiger partial charge is 0.226 e. The zero-order valence-corrected chi connectivity index (χ0v) is 10.6. The summed E-state index contributed by atoms with van der Waals surface area (Å²) in [5.41, 5.74) is 7.40. The van der Waals surface area contributed by atoms with Crippen molar-refractivity contribution in [3.8, 4) is 11.3 Å². The van der Waals surface area contributed by atoms with Crippen LogP contribution in [0.2, 0.25) is 5.02 Å². The molecule has 1 aromatic heterocycles. The zero-order chi connectivity index (χ0) is 13.1. The first-order valence-corrected chi connectivity index (χ1v) is 5.83. The maximum atomic E-state index is 11.3. The molecule has 0 bridgehead atoms. The maximum Gasteiger partial charge on any atom is 0.226 e. The van der Waals surface area contributed by atoms with Crippen LogP contribution in [0.15, 0.2) is 36.7 Å². The Morgan fingerprint density at radius 3 is 2.44 bits per heavy atom. The number of aromatic nitrogens is 2. The lowest BCUT2D eigenvalue weighted by Crippen LogP contribution is -2.20. The van der Waals surface area contributed by atoms with Crippen LogP contribution in [0, 0.1) is 0 Å². The summed E-state index contributed by atoms with van der Waals surface area (Å²) in [7, 11) is 0. The van der Waals surface area contributed by atoms with Gasteiger partial charge in [-0.3, -0.25) is 14.8 Å². The second-order valence-corrected chi connectivity index (χ2v) is 4.36. The summed E-state index contributed by atoms with van der Waals surface area (Å²) in [6, 6.07) is 7.21. The summed E-state index contributed by atoms with van der Waals surface area (Å²) in [5.74, 6) is -0.907. The van der Waals surface area contributed by atoms with Crippen molar-refractivity contribution in [3.05, 3.63) is 47.4 Å². The topological polar surface area (TPSA) is 68.9 Å². The number of hydrogen-bond acceptors (Lipinski definition) is 3. The summed E-state index contributed by atoms with van der Waals surface area (Å²) in [6.07, 6.45) is 3.13. The molecule has 2 rings (SSSR count). The lowest BCUT2D eigenvalue weighted by atomic mass is 10.0. The molecule has 1 heterocycles. The minimum Gasteiger partial charge on any atom is -0.369 e. The molecular formula is C13H12ClN3O. The Balaban J connectivity index is 2.51. The average Bonchev–Trinajstić information content (AvgIpc) is 2.39. The molecule has 0 saturated carbocycles. The standard InChI is InChI=1S/C13H12ClN3O/c1-8(13(15)18)11-12(17-7-6-16-11)9-2-4-10(14)5-3-9/h2-8H,1H3,(H2,15,18). The molecule has 0 spiro atoms. The van der Waals surface area contributed by atoms with Gasteiger partial charge in [0.15, 0.2) is 0 Å². The van der Waals surface area contributed by atoms with Crippen LogP contribution < -0.4 is 5.73 Å². The van der Waals surface area contributed by atoms with Gasteiger partial charge < -0.3 is 5.73 Å². The van der Waals surface area contributed by atoms with Crippen LogP contribution in [-0.2, 0) is 4.79 Å². The van der Waals surface area contributed by atoms with Gasteiger partial charge in [0.05, 0.1) is 17.3 Å². The van der Waals surface area contributed by atoms with Crippen LogP contribution in [-0.4, -0.2) is 15.9 Å². The molecular weight excluding hydrogens is 250 g/mol. The molecule has 4 nitrogen and oxygen atoms in total. The number of nitrogens with zero attached hydrogens (tertiary/aromatic N) is 2. The van der Waals surface area contributed by atoms with Gasteiger partial charge in [-0.25, -0.2) is 0 Å². The SMILES string of the molecule is CC(C(N)=O)c1nccnc1-c1ccc(Cl)cc1. The molecule has 1 atom stereocenters. The first-order chi connectivity index (χ1) is 8.59. The van der Waals surface area contributed by atoms with E-state index in [0.717, 1.165) is 5.56 Å². The molecule has 1 unspecified atom stereocenters. The van der Waals surface area contributed by atoms with Crippen LogP contribution in [0.1, 0.15) is 18.5 Å². The fourth-order valence-electron chi connectivity index (χ4n) is 1.63. The number of carbonyl (C=O) groups excluding carboxylic acids is 1. The normalized spacial score (nSPS) is 12.1. The Morgan fingerprint density at radius 2 is 1.83 bits per heavy atom. The summed E-state index contributed by atoms with van der Waals surface area (Å²) in [6.45, 7) is 1.71. The number of hydrogen-bond donors (Lipinski definition) is 1. The van der Waals surface area contributed by atoms with Gasteiger partial charge in [-0.05, 0) is 19.1 Å². The number of primary amides is 1. The van der Waals surface area contributed by atoms with Gasteiger partial charge in [0.1, 0.15) is 0 Å². The first-order valence-electron chi connectivity index (χ1n) is 5.45. The van der Waals surface area contributed by atoms with E-state index in [1.807, 2.05) is 12.1 Å². The molecule has 1 aromatic carbocycles. The lowest BCUT2D eigenvalue weighted by molar-refractivity contribution is -0.119. The molecule has 0 saturated heterocycles. The van der Waals surface area contributed by atoms with Crippen LogP contribution in [0.25, 0.3) is 11.3 Å². The molecule has 0 aliphatic carbocycles. The van der Waals surface area contributed by atoms with E-state index in [0.29, 0.717) is 16.4 Å². The molecule has 5 heteroatoms. The van der Waals surface area contributed by atoms with Crippen LogP contribution >= 0.6 is 11.6 Å². The van der Waals surface area contributed by atoms with E-state index >= 15 is 0 Å². The maximum absolute atomic E-state index is 11.3. The second-order valence-electron chi connectivity index (χ2n) is 3.92. The van der Waals surface area contributed by atoms with Gasteiger partial charge in [-0.15, -0.1) is 0 Å². The minimum atomic E-state index is -0.482. The summed E-state index contributed by atoms with van der Waals surface area (Å²) < 4.78 is 0. The van der Waals surface area contributed by atoms with E-state index in [2.05, 4.69) is 9.97 Å². The van der Waals surface area contributed by atoms with E-state index in [9.17, 15) is 4.79 Å². The Morgan fingerprint density at radius 1 is 1.22 bits per heavy atom. The highest BCUT2D eigenvalue weighted by Gasteiger charge is 2.18. The number of amides is 1. The van der Waals surface area contributed by atoms with Crippen molar-refractivity contribution in [2.24, 2.45) is 5.73 Å². The summed E-state index contributed by atoms with van der Waals surface area (Å²) >= 11 is 5.84. The predicted molar refractivity (Wildman–Crippen MR) is 70.1 cm³/mol. The summed E-state index contributed by atoms with van der Waals surface area (Å²) in [4.78, 5) is 19.7. The molecule has 0 fully saturated rings. The quantitative estimate of drug-likeness (QED) is 0.922. The third-order valence-corrected chi connectivity index (χ3v) is 2.93. The largest absolute Gasteiger partial charge is 0.369 e. The number of halogens is 1. The van der Waals surface area contributed by atoms with E-state index in [1.54, 1.807) is 31.5 Å². The van der Waals surface area contributed by atoms with Crippen LogP contribution in [0.5, 0.6) is 0 Å². The number of benzene rings is 1. The molecule has 18 heavy (non-hydrogen) atoms. The Kier molecular flexibility index (Phi) is 3.58. The molecule has 92 valence electrons. The van der Waals surface area contributed by atoms with Gasteiger partial charge in [0.2, 0.25) is 5.91 Å². The van der Waals surface area contributed by atoms with Crippen LogP contribution in [0.4, 0.5) is 0 Å². The highest BCUT2D eigenvalue weighted by molar-refractivity contribution is 6.30. The fraction of sp³-hybridized carbons (Fsp3) is 0.154. The Hall–Kier alpha value is -1.94. The van der Waals surface area contributed by atoms with E-state index in [1.165, 1.54) is 0 Å². The Labute approximate surface area is 110 Å². The van der Waals surface area contributed by atoms with Gasteiger partial charge >= 0.3 is 0 Å². The highest BCUT2D eigenvalue weighted by Crippen LogP contribution is 2.26. The van der Waals surface area contributed by atoms with Crippen molar-refractivity contribution in [2.75, 3.05) is 0 Å². The minimum absolute atomic E-state index is 0.425.